The van der Waals surface area contributed by atoms with Crippen molar-refractivity contribution in [3.8, 4) is 0 Å². The zero-order valence-corrected chi connectivity index (χ0v) is 33.0. The van der Waals surface area contributed by atoms with E-state index in [0.29, 0.717) is 39.1 Å². The third-order valence-corrected chi connectivity index (χ3v) is 16.3. The molecule has 3 fully saturated rings. The van der Waals surface area contributed by atoms with Gasteiger partial charge in [-0.3, -0.25) is 9.69 Å². The molecule has 2 bridgehead atoms. The summed E-state index contributed by atoms with van der Waals surface area (Å²) in [6.07, 6.45) is 11.6. The normalized spacial score (nSPS) is 35.3. The summed E-state index contributed by atoms with van der Waals surface area (Å²) in [5.41, 5.74) is 0.618. The van der Waals surface area contributed by atoms with E-state index in [9.17, 15) is 15.3 Å². The average molecular weight is 758 g/mol. The Morgan fingerprint density at radius 1 is 0.873 bits per heavy atom. The maximum Gasteiger partial charge on any atom is 0.199 e. The molecule has 7 heteroatoms. The molecule has 0 aliphatic heterocycles. The Balaban J connectivity index is 1.05. The van der Waals surface area contributed by atoms with E-state index in [-0.39, 0.29) is 41.2 Å². The summed E-state index contributed by atoms with van der Waals surface area (Å²) in [7, 11) is 0. The summed E-state index contributed by atoms with van der Waals surface area (Å²) in [5, 5.41) is 36.8. The SMILES string of the molecule is C[C@]12CC[C@H]3[C@]4(C=C[C@@]5(C=C4C(=O)c4cc6ccccc6s4)CC(O)CC[C@]35C)[C@@H]1CC[C@@]2(O)CN(Cc1ccccc1)C[C@@H](O)COCc1ccccc1. The van der Waals surface area contributed by atoms with Crippen molar-refractivity contribution < 1.29 is 24.9 Å². The molecule has 6 aliphatic carbocycles. The number of carbonyl (C=O) groups excluding carboxylic acids is 1. The topological polar surface area (TPSA) is 90.2 Å². The van der Waals surface area contributed by atoms with Crippen LogP contribution in [0.5, 0.6) is 0 Å². The molecule has 2 spiro atoms. The molecule has 4 aromatic rings. The monoisotopic (exact) mass is 757 g/mol. The maximum atomic E-state index is 15.1. The number of fused-ring (bicyclic) bond motifs is 2. The number of carbonyl (C=O) groups is 1. The number of ether oxygens (including phenoxy) is 1. The average Bonchev–Trinajstić information content (AvgIpc) is 3.73. The van der Waals surface area contributed by atoms with Gasteiger partial charge in [-0.1, -0.05) is 111 Å². The van der Waals surface area contributed by atoms with Gasteiger partial charge >= 0.3 is 0 Å². The van der Waals surface area contributed by atoms with Crippen molar-refractivity contribution in [3.05, 3.63) is 131 Å². The number of ketones is 1. The molecule has 1 aromatic heterocycles. The second-order valence-corrected chi connectivity index (χ2v) is 19.2. The number of benzene rings is 3. The highest BCUT2D eigenvalue weighted by Gasteiger charge is 2.74. The van der Waals surface area contributed by atoms with Gasteiger partial charge in [0.05, 0.1) is 35.9 Å². The fourth-order valence-corrected chi connectivity index (χ4v) is 13.5. The van der Waals surface area contributed by atoms with Gasteiger partial charge in [-0.2, -0.15) is 0 Å². The summed E-state index contributed by atoms with van der Waals surface area (Å²) in [6, 6.07) is 30.6. The molecule has 6 aliphatic rings. The molecule has 0 saturated heterocycles. The van der Waals surface area contributed by atoms with Gasteiger partial charge in [0.2, 0.25) is 0 Å². The standard InChI is InChI=1S/C48H55NO5S/c1-44-20-17-36(50)26-46(44)23-24-48(38(27-46)43(52)40-25-35-15-9-10-16-39(35)55-40)41(44)18-21-45(2)42(48)19-22-47(45,53)32-49(28-33-11-5-3-6-12-33)29-37(51)31-54-30-34-13-7-4-8-14-34/h3-16,23-25,27,36-37,41-42,50-51,53H,17-22,26,28-32H2,1-2H3/t36?,37-,41-,42-,44-,45+,46+,47-,48-/m1/s1. The van der Waals surface area contributed by atoms with Crippen LogP contribution >= 0.6 is 11.3 Å². The summed E-state index contributed by atoms with van der Waals surface area (Å²) < 4.78 is 7.09. The van der Waals surface area contributed by atoms with Crippen LogP contribution in [-0.2, 0) is 17.9 Å². The number of thiophene rings is 1. The highest BCUT2D eigenvalue weighted by atomic mass is 32.1. The lowest BCUT2D eigenvalue weighted by Crippen LogP contribution is -2.67. The number of hydrogen-bond acceptors (Lipinski definition) is 7. The minimum atomic E-state index is -1.04. The van der Waals surface area contributed by atoms with E-state index in [1.54, 1.807) is 11.3 Å². The fourth-order valence-electron chi connectivity index (χ4n) is 12.5. The van der Waals surface area contributed by atoms with Crippen LogP contribution in [0.3, 0.4) is 0 Å². The number of hydrogen-bond donors (Lipinski definition) is 3. The van der Waals surface area contributed by atoms with E-state index < -0.39 is 22.5 Å². The van der Waals surface area contributed by atoms with E-state index in [1.807, 2.05) is 60.7 Å². The number of aliphatic hydroxyl groups is 3. The molecule has 9 atom stereocenters. The van der Waals surface area contributed by atoms with Crippen LogP contribution in [0.4, 0.5) is 0 Å². The Morgan fingerprint density at radius 2 is 1.55 bits per heavy atom. The second kappa shape index (κ2) is 13.9. The molecule has 288 valence electrons. The van der Waals surface area contributed by atoms with Crippen LogP contribution in [0.1, 0.15) is 79.6 Å². The van der Waals surface area contributed by atoms with Gasteiger partial charge in [-0.15, -0.1) is 11.3 Å². The van der Waals surface area contributed by atoms with Crippen LogP contribution in [0.2, 0.25) is 0 Å². The van der Waals surface area contributed by atoms with Crippen LogP contribution in [0.15, 0.2) is 115 Å². The molecule has 3 N–H and O–H groups in total. The van der Waals surface area contributed by atoms with E-state index >= 15 is 4.79 Å². The first-order valence-corrected chi connectivity index (χ1v) is 21.2. The summed E-state index contributed by atoms with van der Waals surface area (Å²) >= 11 is 1.58. The lowest BCUT2D eigenvalue weighted by Gasteiger charge is -2.71. The Labute approximate surface area is 329 Å². The number of aliphatic hydroxyl groups excluding tert-OH is 2. The zero-order chi connectivity index (χ0) is 38.1. The summed E-state index contributed by atoms with van der Waals surface area (Å²) in [6.45, 7) is 6.78. The predicted octanol–water partition coefficient (Wildman–Crippen LogP) is 8.76. The van der Waals surface area contributed by atoms with Gasteiger partial charge in [-0.25, -0.2) is 0 Å². The smallest absolute Gasteiger partial charge is 0.199 e. The quantitative estimate of drug-likeness (QED) is 0.0990. The molecule has 0 radical (unpaired) electrons. The maximum absolute atomic E-state index is 15.1. The van der Waals surface area contributed by atoms with Crippen LogP contribution in [0.25, 0.3) is 10.1 Å². The van der Waals surface area contributed by atoms with Gasteiger partial charge in [0.25, 0.3) is 0 Å². The van der Waals surface area contributed by atoms with Crippen molar-refractivity contribution in [1.29, 1.82) is 0 Å². The number of rotatable bonds is 12. The van der Waals surface area contributed by atoms with Gasteiger partial charge in [-0.05, 0) is 90.8 Å². The first kappa shape index (κ1) is 37.2. The molecule has 0 amide bonds. The summed E-state index contributed by atoms with van der Waals surface area (Å²) in [5.74, 6) is 0.408. The highest BCUT2D eigenvalue weighted by molar-refractivity contribution is 7.21. The van der Waals surface area contributed by atoms with E-state index in [2.05, 4.69) is 67.3 Å². The Kier molecular flexibility index (Phi) is 9.39. The number of allylic oxidation sites excluding steroid dienone is 4. The second-order valence-electron chi connectivity index (χ2n) is 18.1. The van der Waals surface area contributed by atoms with Crippen LogP contribution in [0, 0.1) is 33.5 Å². The lowest BCUT2D eigenvalue weighted by molar-refractivity contribution is -0.177. The van der Waals surface area contributed by atoms with Gasteiger partial charge < -0.3 is 20.1 Å². The van der Waals surface area contributed by atoms with Gasteiger partial charge in [0.1, 0.15) is 0 Å². The third kappa shape index (κ3) is 5.95. The van der Waals surface area contributed by atoms with Crippen LogP contribution < -0.4 is 0 Å². The van der Waals surface area contributed by atoms with E-state index in [0.717, 1.165) is 63.8 Å². The predicted molar refractivity (Wildman–Crippen MR) is 219 cm³/mol. The number of nitrogens with zero attached hydrogens (tertiary/aromatic N) is 1. The molecule has 1 unspecified atom stereocenters. The van der Waals surface area contributed by atoms with Crippen molar-refractivity contribution in [2.75, 3.05) is 19.7 Å². The van der Waals surface area contributed by atoms with Crippen molar-refractivity contribution >= 4 is 27.2 Å². The van der Waals surface area contributed by atoms with E-state index in [1.165, 1.54) is 0 Å². The van der Waals surface area contributed by atoms with Crippen molar-refractivity contribution in [2.45, 2.75) is 89.8 Å². The summed E-state index contributed by atoms with van der Waals surface area (Å²) in [4.78, 5) is 18.1. The molecule has 1 heterocycles. The third-order valence-electron chi connectivity index (χ3n) is 15.2. The van der Waals surface area contributed by atoms with Gasteiger partial charge in [0, 0.05) is 46.2 Å². The Hall–Kier alpha value is -3.43. The minimum Gasteiger partial charge on any atom is -0.393 e. The molecular formula is C48H55NO5S. The molecule has 10 rings (SSSR count). The lowest BCUT2D eigenvalue weighted by atomic mass is 9.32. The molecule has 6 nitrogen and oxygen atoms in total. The van der Waals surface area contributed by atoms with Gasteiger partial charge in [0.15, 0.2) is 5.78 Å². The van der Waals surface area contributed by atoms with Crippen molar-refractivity contribution in [2.24, 2.45) is 33.5 Å². The largest absolute Gasteiger partial charge is 0.393 e. The first-order valence-electron chi connectivity index (χ1n) is 20.4. The fraction of sp³-hybridized carbons (Fsp3) is 0.479. The molecule has 3 saturated carbocycles. The first-order chi connectivity index (χ1) is 26.5. The molecule has 55 heavy (non-hydrogen) atoms. The van der Waals surface area contributed by atoms with Crippen LogP contribution in [-0.4, -0.2) is 63.5 Å². The molecule has 3 aromatic carbocycles. The Morgan fingerprint density at radius 3 is 2.31 bits per heavy atom. The van der Waals surface area contributed by atoms with Crippen molar-refractivity contribution in [3.63, 3.8) is 0 Å². The minimum absolute atomic E-state index is 0.0595. The Bertz CT molecular complexity index is 2080. The zero-order valence-electron chi connectivity index (χ0n) is 32.2. The highest BCUT2D eigenvalue weighted by Crippen LogP contribution is 2.78. The van der Waals surface area contributed by atoms with E-state index in [4.69, 9.17) is 4.74 Å². The molecular weight excluding hydrogens is 703 g/mol. The van der Waals surface area contributed by atoms with Crippen molar-refractivity contribution in [1.82, 2.24) is 4.90 Å². The number of Topliss-reactive ketones (excluding diaryl/α,β-unsaturated/α-hetero) is 1.